The fourth-order valence-corrected chi connectivity index (χ4v) is 11.1. The van der Waals surface area contributed by atoms with Crippen molar-refractivity contribution in [2.75, 3.05) is 53.6 Å². The second-order valence-electron chi connectivity index (χ2n) is 16.4. The van der Waals surface area contributed by atoms with Gasteiger partial charge < -0.3 is 28.8 Å². The topological polar surface area (TPSA) is 390 Å². The number of urea groups is 2. The lowest BCUT2D eigenvalue weighted by atomic mass is 9.93. The molecule has 0 saturated carbocycles. The molecule has 0 fully saturated rings. The summed E-state index contributed by atoms with van der Waals surface area (Å²) in [5, 5.41) is 12.0. The van der Waals surface area contributed by atoms with Crippen LogP contribution in [-0.4, -0.2) is 137 Å². The number of halogens is 5. The number of nitrogens with zero attached hydrogens (tertiary/aromatic N) is 7. The molecule has 29 nitrogen and oxygen atoms in total. The Morgan fingerprint density at radius 1 is 0.738 bits per heavy atom. The van der Waals surface area contributed by atoms with Crippen LogP contribution >= 0.6 is 0 Å². The average molecular weight is 1240 g/mol. The smallest absolute Gasteiger partial charge is 0.388 e. The highest BCUT2D eigenvalue weighted by atomic mass is 32.2. The number of aromatic nitrogens is 5. The standard InChI is InChI=1S/C19H15FN2O4.C14H10F4N4O7S.C14H17N5O7S2/c1-2-7-21-15-9-14(13(20)8-16(15)26-10-17(21)23)22-18(24)11-5-3-4-6-12(11)19(22)25;15-11(16)28-8-5-9(29-12(17)18)20-13(19-8)21-14(25)22-30(26,27)7-4-2-1-3-6(7)10(23)24;1-4-27(21,22)9-6-5-7-15-12(9)28(23,24)19-14(20)18-13-16-10(25-2)8-11(17-13)26-3/h1,8-9H,3-7,10H2;1-5,11-12H,(H,23,24)(H2,19,20,21,22,25);5-8H,4H2,1-3H3,(H2,16,17,18,19,20). The maximum atomic E-state index is 14.7. The lowest BCUT2D eigenvalue weighted by Gasteiger charge is -2.29. The number of benzene rings is 2. The van der Waals surface area contributed by atoms with E-state index in [4.69, 9.17) is 25.7 Å². The minimum absolute atomic E-state index is 0.0170. The van der Waals surface area contributed by atoms with Crippen molar-refractivity contribution >= 4 is 88.9 Å². The first-order valence-electron chi connectivity index (χ1n) is 23.4. The van der Waals surface area contributed by atoms with E-state index < -0.39 is 117 Å². The fourth-order valence-electron chi connectivity index (χ4n) is 7.49. The number of sulfone groups is 1. The molecule has 84 heavy (non-hydrogen) atoms. The lowest BCUT2D eigenvalue weighted by Crippen LogP contribution is -2.39. The molecule has 5 heterocycles. The maximum Gasteiger partial charge on any atom is 0.388 e. The van der Waals surface area contributed by atoms with E-state index in [1.165, 1.54) is 61.1 Å². The first kappa shape index (κ1) is 63.4. The van der Waals surface area contributed by atoms with Gasteiger partial charge in [-0.3, -0.25) is 29.9 Å². The highest BCUT2D eigenvalue weighted by Crippen LogP contribution is 2.42. The number of nitrogens with one attached hydrogen (secondary N) is 4. The number of carboxylic acid groups (broad SMARTS) is 1. The summed E-state index contributed by atoms with van der Waals surface area (Å²) in [5.74, 6) is -4.57. The molecule has 3 aliphatic rings. The van der Waals surface area contributed by atoms with Crippen LogP contribution in [0.25, 0.3) is 0 Å². The SMILES string of the molecule is C#CCN1C(=O)COc2cc(F)c(N3C(=O)C4=C(CCCC4)C3=O)cc21.CCS(=O)(=O)c1cccnc1S(=O)(=O)NC(=O)Nc1nc(OC)cc(OC)n1.O=C(Nc1nc(OC(F)F)cc(OC(F)F)n1)NS(=O)(=O)c1ccccc1C(=O)O. The molecule has 0 radical (unpaired) electrons. The normalized spacial score (nSPS) is 13.8. The van der Waals surface area contributed by atoms with E-state index in [9.17, 15) is 76.0 Å². The van der Waals surface area contributed by atoms with Crippen LogP contribution in [0.1, 0.15) is 43.0 Å². The minimum atomic E-state index is -4.71. The zero-order chi connectivity index (χ0) is 61.8. The van der Waals surface area contributed by atoms with Gasteiger partial charge in [0.25, 0.3) is 37.8 Å². The quantitative estimate of drug-likeness (QED) is 0.0499. The Kier molecular flexibility index (Phi) is 20.2. The molecule has 5 aromatic rings. The molecule has 8 rings (SSSR count). The molecule has 0 bridgehead atoms. The molecule has 0 saturated heterocycles. The van der Waals surface area contributed by atoms with Crippen LogP contribution < -0.4 is 53.6 Å². The second kappa shape index (κ2) is 26.8. The number of imide groups is 1. The molecule has 2 aromatic carbocycles. The molecular formula is C47H42F5N11O18S3. The van der Waals surface area contributed by atoms with Gasteiger partial charge in [0.05, 0.1) is 55.6 Å². The van der Waals surface area contributed by atoms with Crippen molar-refractivity contribution in [2.24, 2.45) is 0 Å². The third kappa shape index (κ3) is 15.4. The van der Waals surface area contributed by atoms with Crippen molar-refractivity contribution in [3.8, 4) is 41.6 Å². The van der Waals surface area contributed by atoms with Gasteiger partial charge in [-0.1, -0.05) is 25.0 Å². The number of aromatic carboxylic acids is 1. The summed E-state index contributed by atoms with van der Waals surface area (Å²) in [7, 11) is -10.6. The van der Waals surface area contributed by atoms with Gasteiger partial charge in [0.1, 0.15) is 15.5 Å². The van der Waals surface area contributed by atoms with Gasteiger partial charge in [0.15, 0.2) is 27.3 Å². The molecule has 5 N–H and O–H groups in total. The van der Waals surface area contributed by atoms with E-state index in [1.807, 2.05) is 0 Å². The molecule has 7 amide bonds. The number of fused-ring (bicyclic) bond motifs is 1. The van der Waals surface area contributed by atoms with Gasteiger partial charge in [-0.15, -0.1) is 6.42 Å². The number of rotatable bonds is 17. The number of pyridine rings is 1. The molecular weight excluding hydrogens is 1200 g/mol. The fraction of sp³-hybridized carbons (Fsp3) is 0.255. The molecule has 2 aliphatic heterocycles. The number of sulfonamides is 2. The van der Waals surface area contributed by atoms with Crippen molar-refractivity contribution < 1.29 is 105 Å². The number of methoxy groups -OCH3 is 2. The average Bonchev–Trinajstić information content (AvgIpc) is 1.90. The summed E-state index contributed by atoms with van der Waals surface area (Å²) in [6.45, 7) is -5.73. The van der Waals surface area contributed by atoms with E-state index >= 15 is 0 Å². The minimum Gasteiger partial charge on any atom is -0.481 e. The summed E-state index contributed by atoms with van der Waals surface area (Å²) in [5.41, 5.74) is 0.348. The molecule has 1 aliphatic carbocycles. The summed E-state index contributed by atoms with van der Waals surface area (Å²) in [6.07, 6.45) is 9.11. The number of anilines is 4. The number of carboxylic acids is 1. The Balaban J connectivity index is 0.000000202. The zero-order valence-electron chi connectivity index (χ0n) is 43.2. The Morgan fingerprint density at radius 3 is 1.76 bits per heavy atom. The van der Waals surface area contributed by atoms with Gasteiger partial charge in [-0.2, -0.15) is 45.9 Å². The first-order chi connectivity index (χ1) is 39.6. The number of ether oxygens (including phenoxy) is 5. The summed E-state index contributed by atoms with van der Waals surface area (Å²) < 4.78 is 164. The van der Waals surface area contributed by atoms with Crippen molar-refractivity contribution in [3.05, 3.63) is 89.4 Å². The van der Waals surface area contributed by atoms with E-state index in [2.05, 4.69) is 45.6 Å². The first-order valence-corrected chi connectivity index (χ1v) is 28.0. The van der Waals surface area contributed by atoms with E-state index in [0.29, 0.717) is 30.1 Å². The summed E-state index contributed by atoms with van der Waals surface area (Å²) >= 11 is 0. The Hall–Kier alpha value is -9.83. The van der Waals surface area contributed by atoms with Gasteiger partial charge in [0, 0.05) is 23.4 Å². The van der Waals surface area contributed by atoms with Crippen LogP contribution in [0.15, 0.2) is 92.8 Å². The largest absolute Gasteiger partial charge is 0.481 e. The van der Waals surface area contributed by atoms with Gasteiger partial charge >= 0.3 is 31.3 Å². The number of carbonyl (C=O) groups excluding carboxylic acids is 5. The number of alkyl halides is 4. The van der Waals surface area contributed by atoms with Crippen LogP contribution in [0.4, 0.5) is 54.8 Å². The summed E-state index contributed by atoms with van der Waals surface area (Å²) in [4.78, 5) is 91.2. The van der Waals surface area contributed by atoms with Crippen LogP contribution in [0, 0.1) is 18.2 Å². The van der Waals surface area contributed by atoms with Crippen LogP contribution in [0.2, 0.25) is 0 Å². The highest BCUT2D eigenvalue weighted by molar-refractivity contribution is 7.93. The Bertz CT molecular complexity index is 3780. The number of amides is 7. The molecule has 0 spiro atoms. The number of hydrogen-bond acceptors (Lipinski definition) is 22. The van der Waals surface area contributed by atoms with Crippen molar-refractivity contribution in [3.63, 3.8) is 0 Å². The number of carbonyl (C=O) groups is 6. The van der Waals surface area contributed by atoms with Gasteiger partial charge in [-0.25, -0.2) is 54.9 Å². The Morgan fingerprint density at radius 2 is 1.25 bits per heavy atom. The van der Waals surface area contributed by atoms with Crippen LogP contribution in [0.3, 0.4) is 0 Å². The van der Waals surface area contributed by atoms with E-state index in [1.54, 1.807) is 10.0 Å². The predicted molar refractivity (Wildman–Crippen MR) is 276 cm³/mol. The predicted octanol–water partition coefficient (Wildman–Crippen LogP) is 4.01. The van der Waals surface area contributed by atoms with Crippen LogP contribution in [0.5, 0.6) is 29.3 Å². The Labute approximate surface area is 471 Å². The van der Waals surface area contributed by atoms with Gasteiger partial charge in [0.2, 0.25) is 35.4 Å². The van der Waals surface area contributed by atoms with E-state index in [-0.39, 0.29) is 59.6 Å². The summed E-state index contributed by atoms with van der Waals surface area (Å²) in [6, 6.07) is 8.07. The monoisotopic (exact) mass is 1240 g/mol. The number of hydrogen-bond donors (Lipinski definition) is 5. The third-order valence-electron chi connectivity index (χ3n) is 11.1. The van der Waals surface area contributed by atoms with Crippen molar-refractivity contribution in [2.45, 2.75) is 60.6 Å². The second-order valence-corrected chi connectivity index (χ2v) is 21.9. The number of terminal acetylenes is 1. The maximum absolute atomic E-state index is 14.7. The molecule has 3 aromatic heterocycles. The van der Waals surface area contributed by atoms with Crippen molar-refractivity contribution in [1.82, 2.24) is 34.4 Å². The lowest BCUT2D eigenvalue weighted by molar-refractivity contribution is -0.121. The van der Waals surface area contributed by atoms with E-state index in [0.717, 1.165) is 48.2 Å². The van der Waals surface area contributed by atoms with Gasteiger partial charge in [-0.05, 0) is 56.0 Å². The molecule has 37 heteroatoms. The molecule has 446 valence electrons. The molecule has 0 unspecified atom stereocenters. The zero-order valence-corrected chi connectivity index (χ0v) is 45.6. The van der Waals surface area contributed by atoms with Crippen molar-refractivity contribution in [1.29, 1.82) is 0 Å². The third-order valence-corrected chi connectivity index (χ3v) is 15.6. The van der Waals surface area contributed by atoms with Crippen LogP contribution in [-0.2, 0) is 44.3 Å². The molecule has 0 atom stereocenters. The highest BCUT2D eigenvalue weighted by Gasteiger charge is 2.42.